The van der Waals surface area contributed by atoms with Crippen molar-refractivity contribution in [2.24, 2.45) is 5.73 Å². The van der Waals surface area contributed by atoms with Crippen LogP contribution in [0.15, 0.2) is 28.8 Å². The van der Waals surface area contributed by atoms with Crippen LogP contribution < -0.4 is 5.73 Å². The number of nitrogens with two attached hydrogens (primary N) is 1. The molecule has 4 heteroatoms. The monoisotopic (exact) mass is 250 g/mol. The molecule has 0 unspecified atom stereocenters. The molecule has 1 heterocycles. The van der Waals surface area contributed by atoms with Crippen LogP contribution in [-0.2, 0) is 6.42 Å². The predicted octanol–water partition coefficient (Wildman–Crippen LogP) is 3.19. The molecule has 0 aliphatic rings. The zero-order valence-electron chi connectivity index (χ0n) is 9.74. The van der Waals surface area contributed by atoms with Crippen molar-refractivity contribution in [3.63, 3.8) is 0 Å². The fourth-order valence-corrected chi connectivity index (χ4v) is 1.85. The van der Waals surface area contributed by atoms with E-state index in [1.165, 1.54) is 0 Å². The van der Waals surface area contributed by atoms with Crippen LogP contribution in [0.3, 0.4) is 0 Å². The Morgan fingerprint density at radius 3 is 3.00 bits per heavy atom. The number of aromatic nitrogens is 1. The SMILES string of the molecule is Cc1c(Cl)cccc1-c1cnc(CCCN)o1. The molecule has 1 aromatic heterocycles. The number of halogens is 1. The zero-order chi connectivity index (χ0) is 12.3. The maximum atomic E-state index is 6.08. The first-order valence-electron chi connectivity index (χ1n) is 5.62. The lowest BCUT2D eigenvalue weighted by molar-refractivity contribution is 0.499. The Hall–Kier alpha value is -1.32. The van der Waals surface area contributed by atoms with Gasteiger partial charge in [-0.25, -0.2) is 4.98 Å². The Labute approximate surface area is 106 Å². The molecule has 17 heavy (non-hydrogen) atoms. The first-order chi connectivity index (χ1) is 8.22. The summed E-state index contributed by atoms with van der Waals surface area (Å²) in [5, 5.41) is 0.738. The quantitative estimate of drug-likeness (QED) is 0.907. The molecule has 2 N–H and O–H groups in total. The normalized spacial score (nSPS) is 10.8. The molecule has 1 aromatic carbocycles. The van der Waals surface area contributed by atoms with Crippen molar-refractivity contribution in [2.75, 3.05) is 6.54 Å². The third kappa shape index (κ3) is 2.68. The van der Waals surface area contributed by atoms with E-state index in [1.807, 2.05) is 25.1 Å². The third-order valence-corrected chi connectivity index (χ3v) is 3.09. The van der Waals surface area contributed by atoms with Gasteiger partial charge in [0.05, 0.1) is 6.20 Å². The van der Waals surface area contributed by atoms with Crippen LogP contribution in [0.4, 0.5) is 0 Å². The Morgan fingerprint density at radius 2 is 2.24 bits per heavy atom. The molecular weight excluding hydrogens is 236 g/mol. The topological polar surface area (TPSA) is 52.0 Å². The minimum Gasteiger partial charge on any atom is -0.441 e. The highest BCUT2D eigenvalue weighted by atomic mass is 35.5. The lowest BCUT2D eigenvalue weighted by atomic mass is 10.1. The summed E-state index contributed by atoms with van der Waals surface area (Å²) in [5.41, 5.74) is 7.45. The van der Waals surface area contributed by atoms with Gasteiger partial charge in [0, 0.05) is 17.0 Å². The van der Waals surface area contributed by atoms with Gasteiger partial charge in [-0.1, -0.05) is 23.7 Å². The average Bonchev–Trinajstić information content (AvgIpc) is 2.78. The molecule has 0 spiro atoms. The second-order valence-corrected chi connectivity index (χ2v) is 4.33. The summed E-state index contributed by atoms with van der Waals surface area (Å²) in [6.07, 6.45) is 3.40. The second-order valence-electron chi connectivity index (χ2n) is 3.92. The predicted molar refractivity (Wildman–Crippen MR) is 69.1 cm³/mol. The Morgan fingerprint density at radius 1 is 1.41 bits per heavy atom. The molecule has 2 aromatic rings. The number of hydrogen-bond acceptors (Lipinski definition) is 3. The van der Waals surface area contributed by atoms with Gasteiger partial charge in [-0.15, -0.1) is 0 Å². The fraction of sp³-hybridized carbons (Fsp3) is 0.308. The first kappa shape index (κ1) is 12.1. The van der Waals surface area contributed by atoms with Crippen LogP contribution in [-0.4, -0.2) is 11.5 Å². The highest BCUT2D eigenvalue weighted by molar-refractivity contribution is 6.31. The molecule has 0 saturated carbocycles. The summed E-state index contributed by atoms with van der Waals surface area (Å²) in [6, 6.07) is 5.76. The van der Waals surface area contributed by atoms with Crippen LogP contribution in [0.1, 0.15) is 17.9 Å². The van der Waals surface area contributed by atoms with Crippen molar-refractivity contribution in [2.45, 2.75) is 19.8 Å². The van der Waals surface area contributed by atoms with Crippen molar-refractivity contribution in [3.05, 3.63) is 40.9 Å². The molecule has 0 fully saturated rings. The van der Waals surface area contributed by atoms with Crippen molar-refractivity contribution >= 4 is 11.6 Å². The summed E-state index contributed by atoms with van der Waals surface area (Å²) in [5.74, 6) is 1.49. The van der Waals surface area contributed by atoms with Crippen LogP contribution >= 0.6 is 11.6 Å². The Bertz CT molecular complexity index is 508. The summed E-state index contributed by atoms with van der Waals surface area (Å²) >= 11 is 6.08. The van der Waals surface area contributed by atoms with E-state index in [-0.39, 0.29) is 0 Å². The van der Waals surface area contributed by atoms with Gasteiger partial charge >= 0.3 is 0 Å². The second kappa shape index (κ2) is 5.34. The third-order valence-electron chi connectivity index (χ3n) is 2.68. The maximum Gasteiger partial charge on any atom is 0.194 e. The standard InChI is InChI=1S/C13H15ClN2O/c1-9-10(4-2-5-11(9)14)12-8-16-13(17-12)6-3-7-15/h2,4-5,8H,3,6-7,15H2,1H3. The zero-order valence-corrected chi connectivity index (χ0v) is 10.5. The minimum atomic E-state index is 0.647. The Balaban J connectivity index is 2.27. The molecule has 0 amide bonds. The number of nitrogens with zero attached hydrogens (tertiary/aromatic N) is 1. The van der Waals surface area contributed by atoms with Crippen molar-refractivity contribution in [1.82, 2.24) is 4.98 Å². The molecule has 90 valence electrons. The summed E-state index contributed by atoms with van der Waals surface area (Å²) < 4.78 is 5.68. The summed E-state index contributed by atoms with van der Waals surface area (Å²) in [6.45, 7) is 2.62. The van der Waals surface area contributed by atoms with Crippen molar-refractivity contribution in [1.29, 1.82) is 0 Å². The van der Waals surface area contributed by atoms with Gasteiger partial charge in [0.2, 0.25) is 0 Å². The van der Waals surface area contributed by atoms with Gasteiger partial charge in [-0.2, -0.15) is 0 Å². The van der Waals surface area contributed by atoms with E-state index in [0.29, 0.717) is 6.54 Å². The van der Waals surface area contributed by atoms with Crippen LogP contribution in [0.2, 0.25) is 5.02 Å². The van der Waals surface area contributed by atoms with E-state index < -0.39 is 0 Å². The van der Waals surface area contributed by atoms with E-state index in [4.69, 9.17) is 21.8 Å². The van der Waals surface area contributed by atoms with Gasteiger partial charge in [0.15, 0.2) is 11.7 Å². The largest absolute Gasteiger partial charge is 0.441 e. The van der Waals surface area contributed by atoms with E-state index in [9.17, 15) is 0 Å². The number of aryl methyl sites for hydroxylation is 1. The van der Waals surface area contributed by atoms with Crippen molar-refractivity contribution < 1.29 is 4.42 Å². The van der Waals surface area contributed by atoms with E-state index in [1.54, 1.807) is 6.20 Å². The first-order valence-corrected chi connectivity index (χ1v) is 6.00. The molecule has 0 aliphatic heterocycles. The molecule has 3 nitrogen and oxygen atoms in total. The number of hydrogen-bond donors (Lipinski definition) is 1. The lowest BCUT2D eigenvalue weighted by Gasteiger charge is -2.03. The van der Waals surface area contributed by atoms with E-state index in [2.05, 4.69) is 4.98 Å². The molecule has 0 aliphatic carbocycles. The lowest BCUT2D eigenvalue weighted by Crippen LogP contribution is -2.00. The Kier molecular flexibility index (Phi) is 3.82. The molecule has 0 saturated heterocycles. The smallest absolute Gasteiger partial charge is 0.194 e. The van der Waals surface area contributed by atoms with Gasteiger partial charge < -0.3 is 10.2 Å². The number of oxazole rings is 1. The van der Waals surface area contributed by atoms with Crippen molar-refractivity contribution in [3.8, 4) is 11.3 Å². The molecule has 0 radical (unpaired) electrons. The molecule has 0 bridgehead atoms. The number of benzene rings is 1. The van der Waals surface area contributed by atoms with Crippen LogP contribution in [0, 0.1) is 6.92 Å². The van der Waals surface area contributed by atoms with Gasteiger partial charge in [-0.3, -0.25) is 0 Å². The van der Waals surface area contributed by atoms with Crippen LogP contribution in [0.5, 0.6) is 0 Å². The fourth-order valence-electron chi connectivity index (χ4n) is 1.68. The minimum absolute atomic E-state index is 0.647. The maximum absolute atomic E-state index is 6.08. The van der Waals surface area contributed by atoms with E-state index >= 15 is 0 Å². The molecule has 0 atom stereocenters. The molecular formula is C13H15ClN2O. The summed E-state index contributed by atoms with van der Waals surface area (Å²) in [4.78, 5) is 4.24. The van der Waals surface area contributed by atoms with Gasteiger partial charge in [0.1, 0.15) is 0 Å². The highest BCUT2D eigenvalue weighted by Gasteiger charge is 2.10. The number of rotatable bonds is 4. The van der Waals surface area contributed by atoms with Gasteiger partial charge in [0.25, 0.3) is 0 Å². The summed E-state index contributed by atoms with van der Waals surface area (Å²) in [7, 11) is 0. The average molecular weight is 251 g/mol. The highest BCUT2D eigenvalue weighted by Crippen LogP contribution is 2.28. The van der Waals surface area contributed by atoms with E-state index in [0.717, 1.165) is 40.6 Å². The van der Waals surface area contributed by atoms with Gasteiger partial charge in [-0.05, 0) is 31.5 Å². The van der Waals surface area contributed by atoms with Crippen LogP contribution in [0.25, 0.3) is 11.3 Å². The molecule has 2 rings (SSSR count).